The quantitative estimate of drug-likeness (QED) is 0.216. The van der Waals surface area contributed by atoms with Crippen molar-refractivity contribution in [3.63, 3.8) is 0 Å². The summed E-state index contributed by atoms with van der Waals surface area (Å²) in [6.07, 6.45) is -12.0. The van der Waals surface area contributed by atoms with Gasteiger partial charge in [-0.15, -0.1) is 0 Å². The van der Waals surface area contributed by atoms with Gasteiger partial charge in [0.2, 0.25) is 0 Å². The number of hydrogen-bond acceptors (Lipinski definition) is 11. The number of ether oxygens (including phenoxy) is 3. The Balaban J connectivity index is 1.70. The highest BCUT2D eigenvalue weighted by Crippen LogP contribution is 2.33. The lowest BCUT2D eigenvalue weighted by Crippen LogP contribution is -2.63. The van der Waals surface area contributed by atoms with E-state index in [-0.39, 0.29) is 12.2 Å². The van der Waals surface area contributed by atoms with E-state index in [9.17, 15) is 40.9 Å². The van der Waals surface area contributed by atoms with E-state index in [0.717, 1.165) is 5.56 Å². The topological polar surface area (TPSA) is 190 Å². The highest BCUT2D eigenvalue weighted by atomic mass is 16.7. The molecule has 0 radical (unpaired) electrons. The molecule has 11 heteroatoms. The molecule has 2 heterocycles. The molecule has 1 aromatic rings. The van der Waals surface area contributed by atoms with Gasteiger partial charge in [-0.3, -0.25) is 0 Å². The third-order valence-electron chi connectivity index (χ3n) is 5.84. The van der Waals surface area contributed by atoms with Crippen molar-refractivity contribution < 1.29 is 55.1 Å². The zero-order valence-electron chi connectivity index (χ0n) is 16.7. The predicted molar refractivity (Wildman–Crippen MR) is 103 cm³/mol. The summed E-state index contributed by atoms with van der Waals surface area (Å²) in [6, 6.07) is 6.45. The first kappa shape index (κ1) is 24.3. The molecule has 2 aliphatic heterocycles. The van der Waals surface area contributed by atoms with Crippen LogP contribution in [-0.2, 0) is 20.6 Å². The average Bonchev–Trinajstić information content (AvgIpc) is 2.76. The molecule has 0 unspecified atom stereocenters. The lowest BCUT2D eigenvalue weighted by Gasteiger charge is -2.46. The molecule has 10 atom stereocenters. The fraction of sp³-hybridized carbons (Fsp3) is 0.700. The van der Waals surface area contributed by atoms with Gasteiger partial charge in [-0.1, -0.05) is 12.1 Å². The first-order valence-electron chi connectivity index (χ1n) is 10.1. The third kappa shape index (κ3) is 5.34. The Kier molecular flexibility index (Phi) is 8.21. The van der Waals surface area contributed by atoms with Crippen molar-refractivity contribution in [1.29, 1.82) is 0 Å². The number of aromatic hydroxyl groups is 1. The summed E-state index contributed by atoms with van der Waals surface area (Å²) in [4.78, 5) is 0. The number of phenolic OH excluding ortho intramolecular Hbond substituents is 1. The number of aliphatic hydroxyl groups is 7. The summed E-state index contributed by atoms with van der Waals surface area (Å²) in [5.41, 5.74) is 0.855. The van der Waals surface area contributed by atoms with E-state index in [0.29, 0.717) is 6.42 Å². The van der Waals surface area contributed by atoms with Crippen LogP contribution in [0.4, 0.5) is 0 Å². The van der Waals surface area contributed by atoms with Crippen LogP contribution in [0.25, 0.3) is 0 Å². The molecular weight excluding hydrogens is 416 g/mol. The second-order valence-corrected chi connectivity index (χ2v) is 7.91. The van der Waals surface area contributed by atoms with Gasteiger partial charge in [0.15, 0.2) is 12.6 Å². The largest absolute Gasteiger partial charge is 0.508 e. The predicted octanol–water partition coefficient (Wildman–Crippen LogP) is -2.80. The van der Waals surface area contributed by atoms with Gasteiger partial charge < -0.3 is 55.1 Å². The highest BCUT2D eigenvalue weighted by molar-refractivity contribution is 5.26. The van der Waals surface area contributed by atoms with E-state index in [4.69, 9.17) is 14.2 Å². The Morgan fingerprint density at radius 1 is 0.774 bits per heavy atom. The molecule has 0 spiro atoms. The smallest absolute Gasteiger partial charge is 0.187 e. The number of aliphatic hydroxyl groups excluding tert-OH is 7. The van der Waals surface area contributed by atoms with Gasteiger partial charge >= 0.3 is 0 Å². The molecular formula is C20H30O11. The molecule has 8 N–H and O–H groups in total. The molecule has 2 saturated heterocycles. The van der Waals surface area contributed by atoms with Crippen LogP contribution in [0.3, 0.4) is 0 Å². The van der Waals surface area contributed by atoms with Gasteiger partial charge in [-0.25, -0.2) is 0 Å². The Morgan fingerprint density at radius 3 is 2.03 bits per heavy atom. The lowest BCUT2D eigenvalue weighted by atomic mass is 9.86. The monoisotopic (exact) mass is 446 g/mol. The van der Waals surface area contributed by atoms with E-state index in [2.05, 4.69) is 0 Å². The molecule has 0 saturated carbocycles. The molecule has 2 fully saturated rings. The molecule has 0 bridgehead atoms. The molecule has 0 aliphatic carbocycles. The normalized spacial score (nSPS) is 41.3. The van der Waals surface area contributed by atoms with Crippen LogP contribution < -0.4 is 0 Å². The Hall–Kier alpha value is -1.38. The van der Waals surface area contributed by atoms with Crippen LogP contribution >= 0.6 is 0 Å². The minimum absolute atomic E-state index is 0.114. The van der Waals surface area contributed by atoms with Gasteiger partial charge in [0.05, 0.1) is 19.3 Å². The van der Waals surface area contributed by atoms with Gasteiger partial charge in [0.25, 0.3) is 0 Å². The van der Waals surface area contributed by atoms with Gasteiger partial charge in [-0.05, 0) is 30.5 Å². The zero-order valence-corrected chi connectivity index (χ0v) is 16.7. The van der Waals surface area contributed by atoms with Crippen molar-refractivity contribution in [2.24, 2.45) is 5.92 Å². The van der Waals surface area contributed by atoms with Crippen molar-refractivity contribution in [2.75, 3.05) is 13.2 Å². The highest BCUT2D eigenvalue weighted by Gasteiger charge is 2.50. The molecule has 11 nitrogen and oxygen atoms in total. The van der Waals surface area contributed by atoms with Gasteiger partial charge in [0.1, 0.15) is 42.4 Å². The summed E-state index contributed by atoms with van der Waals surface area (Å²) in [5.74, 6) is -0.699. The maximum Gasteiger partial charge on any atom is 0.187 e. The van der Waals surface area contributed by atoms with E-state index >= 15 is 0 Å². The SMILES string of the molecule is OC[C@H]1O[C@@H](O[C@H]2[C@H](O)[C@@H](CCc3ccc(O)cc3)[C@@H](O)O[C@@H]2CO)[C@H](O)[C@@H](O)[C@H]1O. The van der Waals surface area contributed by atoms with Crippen LogP contribution in [0.2, 0.25) is 0 Å². The average molecular weight is 446 g/mol. The van der Waals surface area contributed by atoms with Crippen molar-refractivity contribution in [1.82, 2.24) is 0 Å². The Bertz CT molecular complexity index is 684. The molecule has 176 valence electrons. The van der Waals surface area contributed by atoms with Gasteiger partial charge in [-0.2, -0.15) is 0 Å². The molecule has 0 amide bonds. The fourth-order valence-electron chi connectivity index (χ4n) is 3.95. The first-order chi connectivity index (χ1) is 14.8. The van der Waals surface area contributed by atoms with Crippen LogP contribution in [0.15, 0.2) is 24.3 Å². The van der Waals surface area contributed by atoms with Crippen molar-refractivity contribution in [2.45, 2.75) is 68.1 Å². The molecule has 1 aromatic carbocycles. The number of phenols is 1. The van der Waals surface area contributed by atoms with Gasteiger partial charge in [0, 0.05) is 5.92 Å². The van der Waals surface area contributed by atoms with Crippen molar-refractivity contribution in [3.8, 4) is 5.75 Å². The second-order valence-electron chi connectivity index (χ2n) is 7.91. The van der Waals surface area contributed by atoms with Crippen LogP contribution in [0, 0.1) is 5.92 Å². The molecule has 3 rings (SSSR count). The van der Waals surface area contributed by atoms with E-state index < -0.39 is 74.4 Å². The first-order valence-corrected chi connectivity index (χ1v) is 10.1. The lowest BCUT2D eigenvalue weighted by molar-refractivity contribution is -0.350. The second kappa shape index (κ2) is 10.5. The van der Waals surface area contributed by atoms with Crippen LogP contribution in [0.1, 0.15) is 12.0 Å². The summed E-state index contributed by atoms with van der Waals surface area (Å²) < 4.78 is 16.3. The Morgan fingerprint density at radius 2 is 1.42 bits per heavy atom. The number of rotatable bonds is 7. The van der Waals surface area contributed by atoms with E-state index in [1.807, 2.05) is 0 Å². The summed E-state index contributed by atoms with van der Waals surface area (Å²) >= 11 is 0. The van der Waals surface area contributed by atoms with E-state index in [1.165, 1.54) is 12.1 Å². The van der Waals surface area contributed by atoms with Crippen molar-refractivity contribution in [3.05, 3.63) is 29.8 Å². The number of benzene rings is 1. The minimum atomic E-state index is -1.69. The maximum atomic E-state index is 10.9. The van der Waals surface area contributed by atoms with Crippen molar-refractivity contribution >= 4 is 0 Å². The maximum absolute atomic E-state index is 10.9. The zero-order chi connectivity index (χ0) is 22.7. The number of aryl methyl sites for hydroxylation is 1. The molecule has 2 aliphatic rings. The fourth-order valence-corrected chi connectivity index (χ4v) is 3.95. The Labute approximate surface area is 178 Å². The molecule has 31 heavy (non-hydrogen) atoms. The standard InChI is InChI=1S/C20H30O11/c21-7-12-15(25)16(26)17(27)20(30-12)31-18-13(8-22)29-19(28)11(14(18)24)6-3-9-1-4-10(23)5-2-9/h1-2,4-5,11-28H,3,6-8H2/t11-,12-,13-,14-,15+,16+,17-,18-,19+,20+/m1/s1. The van der Waals surface area contributed by atoms with Crippen LogP contribution in [-0.4, -0.2) is 109 Å². The number of hydrogen-bond donors (Lipinski definition) is 8. The minimum Gasteiger partial charge on any atom is -0.508 e. The molecule has 0 aromatic heterocycles. The van der Waals surface area contributed by atoms with Crippen LogP contribution in [0.5, 0.6) is 5.75 Å². The third-order valence-corrected chi connectivity index (χ3v) is 5.84. The summed E-state index contributed by atoms with van der Waals surface area (Å²) in [6.45, 7) is -1.26. The summed E-state index contributed by atoms with van der Waals surface area (Å²) in [7, 11) is 0. The summed E-state index contributed by atoms with van der Waals surface area (Å²) in [5, 5.41) is 79.5. The van der Waals surface area contributed by atoms with E-state index in [1.54, 1.807) is 12.1 Å².